The van der Waals surface area contributed by atoms with E-state index in [0.717, 1.165) is 0 Å². The summed E-state index contributed by atoms with van der Waals surface area (Å²) in [7, 11) is 0. The van der Waals surface area contributed by atoms with Crippen LogP contribution in [0.3, 0.4) is 0 Å². The van der Waals surface area contributed by atoms with Crippen molar-refractivity contribution in [2.24, 2.45) is 4.99 Å². The molecule has 0 bridgehead atoms. The molecule has 0 N–H and O–H groups in total. The Morgan fingerprint density at radius 3 is 2.54 bits per heavy atom. The third kappa shape index (κ3) is 4.99. The Hall–Kier alpha value is -3.11. The minimum atomic E-state index is -0.745. The predicted molar refractivity (Wildman–Crippen MR) is 136 cm³/mol. The van der Waals surface area contributed by atoms with E-state index in [1.807, 2.05) is 19.9 Å². The lowest BCUT2D eigenvalue weighted by Gasteiger charge is -2.25. The van der Waals surface area contributed by atoms with Gasteiger partial charge in [-0.2, -0.15) is 0 Å². The molecular weight excluding hydrogens is 536 g/mol. The first-order chi connectivity index (χ1) is 16.9. The van der Waals surface area contributed by atoms with E-state index >= 15 is 0 Å². The SMILES string of the molecule is CCOC(=O)C1=C(C)N=c2sc(=Cc3ccc(Br)o3)c(=O)n2[C@H]1c1ccc(OCC)c(OCC)c1. The topological polar surface area (TPSA) is 92.3 Å². The fourth-order valence-corrected chi connectivity index (χ4v) is 5.23. The van der Waals surface area contributed by atoms with Gasteiger partial charge >= 0.3 is 5.97 Å². The molecule has 0 fully saturated rings. The van der Waals surface area contributed by atoms with Crippen molar-refractivity contribution in [3.8, 4) is 11.5 Å². The number of carbonyl (C=O) groups is 1. The van der Waals surface area contributed by atoms with Crippen LogP contribution in [-0.4, -0.2) is 30.4 Å². The number of benzene rings is 1. The molecular formula is C25H25BrN2O6S. The van der Waals surface area contributed by atoms with Gasteiger partial charge in [0, 0.05) is 6.08 Å². The van der Waals surface area contributed by atoms with Crippen LogP contribution in [-0.2, 0) is 9.53 Å². The molecule has 0 amide bonds. The van der Waals surface area contributed by atoms with E-state index in [1.54, 1.807) is 44.2 Å². The average Bonchev–Trinajstić information content (AvgIpc) is 3.37. The van der Waals surface area contributed by atoms with Gasteiger partial charge in [0.25, 0.3) is 5.56 Å². The lowest BCUT2D eigenvalue weighted by atomic mass is 9.95. The van der Waals surface area contributed by atoms with Crippen LogP contribution in [0.2, 0.25) is 0 Å². The molecule has 4 rings (SSSR count). The van der Waals surface area contributed by atoms with Crippen LogP contribution in [0.1, 0.15) is 45.1 Å². The van der Waals surface area contributed by atoms with Crippen LogP contribution >= 0.6 is 27.3 Å². The molecule has 2 aromatic heterocycles. The summed E-state index contributed by atoms with van der Waals surface area (Å²) in [6, 6.07) is 8.19. The number of aromatic nitrogens is 1. The second-order valence-electron chi connectivity index (χ2n) is 7.52. The van der Waals surface area contributed by atoms with Gasteiger partial charge in [-0.05, 0) is 73.5 Å². The summed E-state index contributed by atoms with van der Waals surface area (Å²) in [5.41, 5.74) is 1.20. The minimum Gasteiger partial charge on any atom is -0.490 e. The summed E-state index contributed by atoms with van der Waals surface area (Å²) in [6.07, 6.45) is 1.67. The summed E-state index contributed by atoms with van der Waals surface area (Å²) in [6.45, 7) is 8.38. The molecule has 3 heterocycles. The number of ether oxygens (including phenoxy) is 3. The van der Waals surface area contributed by atoms with Gasteiger partial charge in [-0.1, -0.05) is 17.4 Å². The largest absolute Gasteiger partial charge is 0.490 e. The number of hydrogen-bond donors (Lipinski definition) is 0. The molecule has 0 spiro atoms. The summed E-state index contributed by atoms with van der Waals surface area (Å²) < 4.78 is 24.9. The first-order valence-corrected chi connectivity index (χ1v) is 12.8. The van der Waals surface area contributed by atoms with Crippen LogP contribution in [0.5, 0.6) is 11.5 Å². The maximum absolute atomic E-state index is 13.6. The molecule has 1 aliphatic heterocycles. The van der Waals surface area contributed by atoms with Gasteiger partial charge in [-0.15, -0.1) is 0 Å². The normalized spacial score (nSPS) is 15.6. The number of furan rings is 1. The fourth-order valence-electron chi connectivity index (χ4n) is 3.88. The first-order valence-electron chi connectivity index (χ1n) is 11.2. The molecule has 0 unspecified atom stereocenters. The number of fused-ring (bicyclic) bond motifs is 1. The molecule has 10 heteroatoms. The van der Waals surface area contributed by atoms with Crippen molar-refractivity contribution in [3.63, 3.8) is 0 Å². The van der Waals surface area contributed by atoms with Crippen molar-refractivity contribution in [1.29, 1.82) is 0 Å². The van der Waals surface area contributed by atoms with Crippen LogP contribution < -0.4 is 24.4 Å². The second kappa shape index (κ2) is 10.7. The number of nitrogens with zero attached hydrogens (tertiary/aromatic N) is 2. The predicted octanol–water partition coefficient (Wildman–Crippen LogP) is 3.95. The van der Waals surface area contributed by atoms with Crippen molar-refractivity contribution < 1.29 is 23.4 Å². The standard InChI is InChI=1S/C25H25BrN2O6S/c1-5-31-17-10-8-15(12-18(17)32-6-2)22-21(24(30)33-7-3)14(4)27-25-28(22)23(29)19(35-25)13-16-9-11-20(26)34-16/h8-13,22H,5-7H2,1-4H3/t22-/m0/s1. The highest BCUT2D eigenvalue weighted by molar-refractivity contribution is 9.10. The lowest BCUT2D eigenvalue weighted by Crippen LogP contribution is -2.40. The number of esters is 1. The van der Waals surface area contributed by atoms with E-state index in [9.17, 15) is 9.59 Å². The molecule has 3 aromatic rings. The fraction of sp³-hybridized carbons (Fsp3) is 0.320. The summed E-state index contributed by atoms with van der Waals surface area (Å²) >= 11 is 4.51. The summed E-state index contributed by atoms with van der Waals surface area (Å²) in [4.78, 5) is 31.7. The molecule has 184 valence electrons. The summed E-state index contributed by atoms with van der Waals surface area (Å²) in [5.74, 6) is 1.13. The molecule has 0 saturated carbocycles. The second-order valence-corrected chi connectivity index (χ2v) is 9.31. The monoisotopic (exact) mass is 560 g/mol. The van der Waals surface area contributed by atoms with Crippen LogP contribution in [0, 0.1) is 0 Å². The van der Waals surface area contributed by atoms with Gasteiger partial charge in [0.2, 0.25) is 0 Å². The molecule has 0 saturated heterocycles. The lowest BCUT2D eigenvalue weighted by molar-refractivity contribution is -0.139. The Balaban J connectivity index is 1.95. The Morgan fingerprint density at radius 2 is 1.89 bits per heavy atom. The van der Waals surface area contributed by atoms with Crippen molar-refractivity contribution in [1.82, 2.24) is 4.57 Å². The van der Waals surface area contributed by atoms with E-state index in [4.69, 9.17) is 18.6 Å². The van der Waals surface area contributed by atoms with Crippen LogP contribution in [0.15, 0.2) is 60.5 Å². The maximum Gasteiger partial charge on any atom is 0.338 e. The molecule has 0 radical (unpaired) electrons. The number of allylic oxidation sites excluding steroid dienone is 1. The van der Waals surface area contributed by atoms with Gasteiger partial charge < -0.3 is 18.6 Å². The highest BCUT2D eigenvalue weighted by atomic mass is 79.9. The smallest absolute Gasteiger partial charge is 0.338 e. The van der Waals surface area contributed by atoms with E-state index in [0.29, 0.717) is 61.3 Å². The highest BCUT2D eigenvalue weighted by Crippen LogP contribution is 2.36. The number of halogens is 1. The molecule has 1 aromatic carbocycles. The number of rotatable bonds is 8. The molecule has 1 aliphatic rings. The van der Waals surface area contributed by atoms with E-state index in [2.05, 4.69) is 20.9 Å². The van der Waals surface area contributed by atoms with Crippen molar-refractivity contribution in [2.75, 3.05) is 19.8 Å². The Morgan fingerprint density at radius 1 is 1.14 bits per heavy atom. The quantitative estimate of drug-likeness (QED) is 0.387. The third-order valence-electron chi connectivity index (χ3n) is 5.27. The Labute approximate surface area is 214 Å². The minimum absolute atomic E-state index is 0.202. The zero-order valence-corrected chi connectivity index (χ0v) is 22.2. The van der Waals surface area contributed by atoms with Crippen LogP contribution in [0.25, 0.3) is 6.08 Å². The average molecular weight is 561 g/mol. The maximum atomic E-state index is 13.6. The number of thiazole rings is 1. The van der Waals surface area contributed by atoms with E-state index in [1.165, 1.54) is 15.9 Å². The van der Waals surface area contributed by atoms with Gasteiger partial charge in [0.05, 0.1) is 41.7 Å². The Kier molecular flexibility index (Phi) is 7.61. The van der Waals surface area contributed by atoms with Gasteiger partial charge in [0.1, 0.15) is 5.76 Å². The summed E-state index contributed by atoms with van der Waals surface area (Å²) in [5, 5.41) is 0. The van der Waals surface area contributed by atoms with Crippen molar-refractivity contribution in [2.45, 2.75) is 33.7 Å². The van der Waals surface area contributed by atoms with Gasteiger partial charge in [-0.25, -0.2) is 9.79 Å². The van der Waals surface area contributed by atoms with E-state index in [-0.39, 0.29) is 12.2 Å². The van der Waals surface area contributed by atoms with Gasteiger partial charge in [0.15, 0.2) is 21.0 Å². The molecule has 8 nitrogen and oxygen atoms in total. The molecule has 0 aliphatic carbocycles. The number of hydrogen-bond acceptors (Lipinski definition) is 8. The zero-order chi connectivity index (χ0) is 25.1. The molecule has 1 atom stereocenters. The van der Waals surface area contributed by atoms with Crippen molar-refractivity contribution in [3.05, 3.63) is 77.3 Å². The third-order valence-corrected chi connectivity index (χ3v) is 6.68. The highest BCUT2D eigenvalue weighted by Gasteiger charge is 2.34. The molecule has 35 heavy (non-hydrogen) atoms. The van der Waals surface area contributed by atoms with Crippen LogP contribution in [0.4, 0.5) is 0 Å². The van der Waals surface area contributed by atoms with Gasteiger partial charge in [-0.3, -0.25) is 9.36 Å². The zero-order valence-electron chi connectivity index (χ0n) is 19.8. The number of carbonyl (C=O) groups excluding carboxylic acids is 1. The van der Waals surface area contributed by atoms with Crippen molar-refractivity contribution >= 4 is 39.3 Å². The first kappa shape index (κ1) is 25.0. The Bertz CT molecular complexity index is 1470. The van der Waals surface area contributed by atoms with E-state index < -0.39 is 12.0 Å².